The Balaban J connectivity index is 2.08. The molecule has 0 aliphatic heterocycles. The molecule has 0 radical (unpaired) electrons. The Bertz CT molecular complexity index is 554. The normalized spacial score (nSPS) is 10.2. The summed E-state index contributed by atoms with van der Waals surface area (Å²) in [5, 5.41) is 0. The standard InChI is InChI=1S/C15H17N3S/c1-18(11-9-12-6-3-2-4-7-12)15-13(14(16)19)8-5-10-17-15/h2-8,10H,9,11H2,1H3,(H2,16,19). The van der Waals surface area contributed by atoms with E-state index in [1.807, 2.05) is 25.2 Å². The van der Waals surface area contributed by atoms with E-state index >= 15 is 0 Å². The van der Waals surface area contributed by atoms with Crippen LogP contribution < -0.4 is 10.6 Å². The first kappa shape index (κ1) is 13.5. The molecule has 0 spiro atoms. The van der Waals surface area contributed by atoms with Gasteiger partial charge < -0.3 is 10.6 Å². The van der Waals surface area contributed by atoms with Crippen LogP contribution >= 0.6 is 12.2 Å². The zero-order valence-corrected chi connectivity index (χ0v) is 11.7. The van der Waals surface area contributed by atoms with Gasteiger partial charge in [-0.2, -0.15) is 0 Å². The Morgan fingerprint density at radius 2 is 1.95 bits per heavy atom. The summed E-state index contributed by atoms with van der Waals surface area (Å²) < 4.78 is 0. The van der Waals surface area contributed by atoms with Crippen molar-refractivity contribution in [1.29, 1.82) is 0 Å². The lowest BCUT2D eigenvalue weighted by Gasteiger charge is -2.20. The minimum Gasteiger partial charge on any atom is -0.389 e. The van der Waals surface area contributed by atoms with Crippen LogP contribution in [0.5, 0.6) is 0 Å². The molecule has 0 aliphatic rings. The average Bonchev–Trinajstić information content (AvgIpc) is 2.46. The van der Waals surface area contributed by atoms with Crippen molar-refractivity contribution >= 4 is 23.0 Å². The molecule has 0 atom stereocenters. The maximum atomic E-state index is 5.72. The maximum Gasteiger partial charge on any atom is 0.138 e. The number of thiocarbonyl (C=S) groups is 1. The number of aromatic nitrogens is 1. The lowest BCUT2D eigenvalue weighted by atomic mass is 10.1. The summed E-state index contributed by atoms with van der Waals surface area (Å²) in [5.74, 6) is 0.839. The molecule has 1 aromatic heterocycles. The maximum absolute atomic E-state index is 5.72. The quantitative estimate of drug-likeness (QED) is 0.848. The minimum atomic E-state index is 0.384. The molecule has 98 valence electrons. The lowest BCUT2D eigenvalue weighted by Crippen LogP contribution is -2.25. The summed E-state index contributed by atoms with van der Waals surface area (Å²) >= 11 is 5.06. The summed E-state index contributed by atoms with van der Waals surface area (Å²) in [7, 11) is 2.01. The van der Waals surface area contributed by atoms with Crippen molar-refractivity contribution in [2.75, 3.05) is 18.5 Å². The van der Waals surface area contributed by atoms with E-state index in [-0.39, 0.29) is 0 Å². The number of rotatable bonds is 5. The molecule has 2 N–H and O–H groups in total. The van der Waals surface area contributed by atoms with Crippen LogP contribution in [-0.4, -0.2) is 23.6 Å². The van der Waals surface area contributed by atoms with Gasteiger partial charge in [0.05, 0.1) is 5.56 Å². The van der Waals surface area contributed by atoms with Crippen LogP contribution in [0.3, 0.4) is 0 Å². The van der Waals surface area contributed by atoms with Crippen LogP contribution in [0.2, 0.25) is 0 Å². The Labute approximate surface area is 119 Å². The average molecular weight is 271 g/mol. The van der Waals surface area contributed by atoms with Crippen molar-refractivity contribution in [3.63, 3.8) is 0 Å². The smallest absolute Gasteiger partial charge is 0.138 e. The summed E-state index contributed by atoms with van der Waals surface area (Å²) in [4.78, 5) is 6.84. The predicted molar refractivity (Wildman–Crippen MR) is 83.5 cm³/mol. The fourth-order valence-electron chi connectivity index (χ4n) is 1.94. The van der Waals surface area contributed by atoms with Crippen molar-refractivity contribution in [2.45, 2.75) is 6.42 Å². The molecule has 1 heterocycles. The second-order valence-electron chi connectivity index (χ2n) is 4.40. The van der Waals surface area contributed by atoms with Gasteiger partial charge in [0, 0.05) is 19.8 Å². The first-order chi connectivity index (χ1) is 9.18. The highest BCUT2D eigenvalue weighted by Gasteiger charge is 2.10. The summed E-state index contributed by atoms with van der Waals surface area (Å²) in [6.07, 6.45) is 2.72. The van der Waals surface area contributed by atoms with E-state index in [1.54, 1.807) is 6.20 Å². The van der Waals surface area contributed by atoms with Gasteiger partial charge in [0.15, 0.2) is 0 Å². The first-order valence-corrected chi connectivity index (χ1v) is 6.59. The molecule has 2 aromatic rings. The molecule has 19 heavy (non-hydrogen) atoms. The third-order valence-electron chi connectivity index (χ3n) is 2.99. The first-order valence-electron chi connectivity index (χ1n) is 6.18. The Morgan fingerprint density at radius 3 is 2.63 bits per heavy atom. The predicted octanol–water partition coefficient (Wildman–Crippen LogP) is 2.39. The van der Waals surface area contributed by atoms with E-state index in [0.717, 1.165) is 24.3 Å². The van der Waals surface area contributed by atoms with E-state index in [9.17, 15) is 0 Å². The zero-order valence-electron chi connectivity index (χ0n) is 10.9. The summed E-state index contributed by atoms with van der Waals surface area (Å²) in [6, 6.07) is 14.1. The molecule has 0 amide bonds. The van der Waals surface area contributed by atoms with Gasteiger partial charge >= 0.3 is 0 Å². The van der Waals surface area contributed by atoms with Crippen molar-refractivity contribution in [1.82, 2.24) is 4.98 Å². The molecule has 0 saturated heterocycles. The number of nitrogens with zero attached hydrogens (tertiary/aromatic N) is 2. The molecule has 2 rings (SSSR count). The van der Waals surface area contributed by atoms with Crippen LogP contribution in [0.25, 0.3) is 0 Å². The number of hydrogen-bond acceptors (Lipinski definition) is 3. The second kappa shape index (κ2) is 6.29. The van der Waals surface area contributed by atoms with Gasteiger partial charge in [-0.25, -0.2) is 4.98 Å². The molecular weight excluding hydrogens is 254 g/mol. The number of likely N-dealkylation sites (N-methyl/N-ethyl adjacent to an activating group) is 1. The zero-order chi connectivity index (χ0) is 13.7. The molecular formula is C15H17N3S. The molecule has 0 bridgehead atoms. The molecule has 0 aliphatic carbocycles. The van der Waals surface area contributed by atoms with Crippen LogP contribution in [0.1, 0.15) is 11.1 Å². The number of nitrogens with two attached hydrogens (primary N) is 1. The number of pyridine rings is 1. The Hall–Kier alpha value is -1.94. The van der Waals surface area contributed by atoms with E-state index < -0.39 is 0 Å². The third kappa shape index (κ3) is 3.51. The van der Waals surface area contributed by atoms with Crippen molar-refractivity contribution < 1.29 is 0 Å². The van der Waals surface area contributed by atoms with Crippen molar-refractivity contribution in [3.05, 3.63) is 59.8 Å². The van der Waals surface area contributed by atoms with Crippen LogP contribution in [-0.2, 0) is 6.42 Å². The van der Waals surface area contributed by atoms with E-state index in [2.05, 4.69) is 34.1 Å². The van der Waals surface area contributed by atoms with E-state index in [0.29, 0.717) is 4.99 Å². The number of hydrogen-bond donors (Lipinski definition) is 1. The molecule has 0 fully saturated rings. The van der Waals surface area contributed by atoms with Gasteiger partial charge in [-0.1, -0.05) is 42.5 Å². The van der Waals surface area contributed by atoms with Crippen molar-refractivity contribution in [3.8, 4) is 0 Å². The van der Waals surface area contributed by atoms with Crippen LogP contribution in [0.15, 0.2) is 48.7 Å². The van der Waals surface area contributed by atoms with Gasteiger partial charge in [0.1, 0.15) is 10.8 Å². The van der Waals surface area contributed by atoms with Crippen LogP contribution in [0.4, 0.5) is 5.82 Å². The van der Waals surface area contributed by atoms with Gasteiger partial charge in [-0.15, -0.1) is 0 Å². The highest BCUT2D eigenvalue weighted by Crippen LogP contribution is 2.16. The molecule has 3 nitrogen and oxygen atoms in total. The van der Waals surface area contributed by atoms with Gasteiger partial charge in [-0.3, -0.25) is 0 Å². The monoisotopic (exact) mass is 271 g/mol. The van der Waals surface area contributed by atoms with Gasteiger partial charge in [-0.05, 0) is 24.1 Å². The second-order valence-corrected chi connectivity index (χ2v) is 4.84. The molecule has 0 unspecified atom stereocenters. The Kier molecular flexibility index (Phi) is 4.47. The summed E-state index contributed by atoms with van der Waals surface area (Å²) in [5.41, 5.74) is 7.86. The summed E-state index contributed by atoms with van der Waals surface area (Å²) in [6.45, 7) is 0.872. The third-order valence-corrected chi connectivity index (χ3v) is 3.21. The highest BCUT2D eigenvalue weighted by molar-refractivity contribution is 7.80. The SMILES string of the molecule is CN(CCc1ccccc1)c1ncccc1C(N)=S. The van der Waals surface area contributed by atoms with Gasteiger partial charge in [0.25, 0.3) is 0 Å². The highest BCUT2D eigenvalue weighted by atomic mass is 32.1. The Morgan fingerprint density at radius 1 is 1.21 bits per heavy atom. The molecule has 4 heteroatoms. The molecule has 0 saturated carbocycles. The minimum absolute atomic E-state index is 0.384. The van der Waals surface area contributed by atoms with Crippen LogP contribution in [0, 0.1) is 0 Å². The number of benzene rings is 1. The lowest BCUT2D eigenvalue weighted by molar-refractivity contribution is 0.859. The van der Waals surface area contributed by atoms with E-state index in [4.69, 9.17) is 18.0 Å². The molecule has 1 aromatic carbocycles. The fraction of sp³-hybridized carbons (Fsp3) is 0.200. The van der Waals surface area contributed by atoms with E-state index in [1.165, 1.54) is 5.56 Å². The topological polar surface area (TPSA) is 42.2 Å². The van der Waals surface area contributed by atoms with Gasteiger partial charge in [0.2, 0.25) is 0 Å². The fourth-order valence-corrected chi connectivity index (χ4v) is 2.10. The number of anilines is 1. The largest absolute Gasteiger partial charge is 0.389 e. The van der Waals surface area contributed by atoms with Crippen molar-refractivity contribution in [2.24, 2.45) is 5.73 Å².